The summed E-state index contributed by atoms with van der Waals surface area (Å²) >= 11 is 0. The van der Waals surface area contributed by atoms with Gasteiger partial charge >= 0.3 is 12.1 Å². The Labute approximate surface area is 141 Å². The van der Waals surface area contributed by atoms with Gasteiger partial charge in [-0.3, -0.25) is 9.89 Å². The van der Waals surface area contributed by atoms with Crippen LogP contribution in [0.25, 0.3) is 0 Å². The predicted molar refractivity (Wildman–Crippen MR) is 79.2 cm³/mol. The molecule has 1 amide bonds. The van der Waals surface area contributed by atoms with Crippen molar-refractivity contribution in [2.24, 2.45) is 11.3 Å². The first-order valence-electron chi connectivity index (χ1n) is 7.85. The van der Waals surface area contributed by atoms with Crippen LogP contribution in [0.5, 0.6) is 0 Å². The first-order chi connectivity index (χ1) is 11.7. The number of rotatable bonds is 3. The third-order valence-electron chi connectivity index (χ3n) is 4.55. The van der Waals surface area contributed by atoms with E-state index in [1.807, 2.05) is 0 Å². The number of carbonyl (C=O) groups excluding carboxylic acids is 1. The number of nitrogens with one attached hydrogen (secondary N) is 3. The molecule has 0 bridgehead atoms. The number of aromatic amines is 1. The summed E-state index contributed by atoms with van der Waals surface area (Å²) in [5, 5.41) is 23.5. The minimum atomic E-state index is -5.08. The number of piperidine rings is 1. The van der Waals surface area contributed by atoms with Crippen molar-refractivity contribution in [3.63, 3.8) is 0 Å². The number of hydrogen-bond acceptors (Lipinski definition) is 5. The molecule has 1 saturated heterocycles. The van der Waals surface area contributed by atoms with Gasteiger partial charge < -0.3 is 15.7 Å². The van der Waals surface area contributed by atoms with Crippen molar-refractivity contribution in [2.75, 3.05) is 13.1 Å². The highest BCUT2D eigenvalue weighted by molar-refractivity contribution is 5.79. The van der Waals surface area contributed by atoms with Crippen LogP contribution in [0.1, 0.15) is 31.4 Å². The highest BCUT2D eigenvalue weighted by Crippen LogP contribution is 2.51. The standard InChI is InChI=1S/C12H19N5O.C2HF3O2/c18-11(14-7-10-8-15-17-16-10)9-5-12(6-9)1-3-13-4-2-12;3-2(4,5)1(6)7/h8-9,13H,1-7H2,(H,14,18)(H,15,16,17);(H,6,7). The molecule has 140 valence electrons. The summed E-state index contributed by atoms with van der Waals surface area (Å²) in [6, 6.07) is 0. The molecule has 11 heteroatoms. The zero-order valence-electron chi connectivity index (χ0n) is 13.4. The van der Waals surface area contributed by atoms with Gasteiger partial charge in [-0.05, 0) is 44.2 Å². The number of aromatic nitrogens is 3. The van der Waals surface area contributed by atoms with E-state index in [-0.39, 0.29) is 11.8 Å². The zero-order chi connectivity index (χ0) is 18.5. The van der Waals surface area contributed by atoms with Gasteiger partial charge in [0.25, 0.3) is 0 Å². The number of carboxylic acid groups (broad SMARTS) is 1. The lowest BCUT2D eigenvalue weighted by Gasteiger charge is -2.49. The topological polar surface area (TPSA) is 120 Å². The second-order valence-electron chi connectivity index (χ2n) is 6.36. The Hall–Kier alpha value is -2.17. The molecule has 0 unspecified atom stereocenters. The Kier molecular flexibility index (Phi) is 5.98. The molecule has 1 aliphatic heterocycles. The van der Waals surface area contributed by atoms with E-state index in [2.05, 4.69) is 26.0 Å². The minimum Gasteiger partial charge on any atom is -0.475 e. The molecule has 3 rings (SSSR count). The Balaban J connectivity index is 0.000000277. The summed E-state index contributed by atoms with van der Waals surface area (Å²) in [7, 11) is 0. The molecule has 1 saturated carbocycles. The van der Waals surface area contributed by atoms with Crippen LogP contribution in [0.2, 0.25) is 0 Å². The van der Waals surface area contributed by atoms with Gasteiger partial charge in [-0.25, -0.2) is 4.79 Å². The Morgan fingerprint density at radius 3 is 2.40 bits per heavy atom. The third kappa shape index (κ3) is 5.41. The van der Waals surface area contributed by atoms with E-state index in [4.69, 9.17) is 9.90 Å². The average Bonchev–Trinajstić information content (AvgIpc) is 3.04. The first kappa shape index (κ1) is 19.2. The number of aliphatic carboxylic acids is 1. The van der Waals surface area contributed by atoms with Gasteiger partial charge in [0.15, 0.2) is 0 Å². The van der Waals surface area contributed by atoms with Gasteiger partial charge in [0, 0.05) is 5.92 Å². The Morgan fingerprint density at radius 1 is 1.32 bits per heavy atom. The molecule has 2 heterocycles. The van der Waals surface area contributed by atoms with Crippen molar-refractivity contribution in [1.29, 1.82) is 0 Å². The molecule has 0 radical (unpaired) electrons. The number of H-pyrrole nitrogens is 1. The van der Waals surface area contributed by atoms with Gasteiger partial charge in [0.1, 0.15) is 0 Å². The Morgan fingerprint density at radius 2 is 1.92 bits per heavy atom. The second kappa shape index (κ2) is 7.81. The van der Waals surface area contributed by atoms with Crippen LogP contribution in [0.4, 0.5) is 13.2 Å². The number of carboxylic acids is 1. The maximum atomic E-state index is 12.0. The van der Waals surface area contributed by atoms with Crippen LogP contribution >= 0.6 is 0 Å². The zero-order valence-corrected chi connectivity index (χ0v) is 13.4. The van der Waals surface area contributed by atoms with Crippen molar-refractivity contribution in [3.05, 3.63) is 11.9 Å². The normalized spacial score (nSPS) is 19.5. The van der Waals surface area contributed by atoms with Crippen LogP contribution in [-0.2, 0) is 16.1 Å². The van der Waals surface area contributed by atoms with E-state index in [1.54, 1.807) is 6.20 Å². The van der Waals surface area contributed by atoms with Crippen molar-refractivity contribution < 1.29 is 27.9 Å². The van der Waals surface area contributed by atoms with Crippen LogP contribution in [0, 0.1) is 11.3 Å². The van der Waals surface area contributed by atoms with Crippen LogP contribution < -0.4 is 10.6 Å². The fourth-order valence-electron chi connectivity index (χ4n) is 3.17. The molecular formula is C14H20F3N5O3. The predicted octanol–water partition coefficient (Wildman–Crippen LogP) is 0.834. The van der Waals surface area contributed by atoms with Crippen molar-refractivity contribution in [2.45, 2.75) is 38.4 Å². The van der Waals surface area contributed by atoms with E-state index < -0.39 is 12.1 Å². The third-order valence-corrected chi connectivity index (χ3v) is 4.55. The lowest BCUT2D eigenvalue weighted by molar-refractivity contribution is -0.192. The van der Waals surface area contributed by atoms with Crippen molar-refractivity contribution in [1.82, 2.24) is 26.0 Å². The smallest absolute Gasteiger partial charge is 0.475 e. The molecule has 1 aromatic rings. The number of carbonyl (C=O) groups is 2. The fraction of sp³-hybridized carbons (Fsp3) is 0.714. The Bertz CT molecular complexity index is 577. The SMILES string of the molecule is O=C(NCc1cnn[nH]1)C1CC2(CCNCC2)C1.O=C(O)C(F)(F)F. The molecule has 1 aromatic heterocycles. The molecule has 8 nitrogen and oxygen atoms in total. The molecule has 1 aliphatic carbocycles. The molecule has 25 heavy (non-hydrogen) atoms. The molecule has 0 atom stereocenters. The quantitative estimate of drug-likeness (QED) is 0.632. The van der Waals surface area contributed by atoms with E-state index in [1.165, 1.54) is 12.8 Å². The average molecular weight is 363 g/mol. The van der Waals surface area contributed by atoms with Crippen LogP contribution in [0.3, 0.4) is 0 Å². The summed E-state index contributed by atoms with van der Waals surface area (Å²) in [4.78, 5) is 20.9. The number of halogens is 3. The summed E-state index contributed by atoms with van der Waals surface area (Å²) in [6.07, 6.45) is 1.11. The van der Waals surface area contributed by atoms with Gasteiger partial charge in [0.05, 0.1) is 18.4 Å². The highest BCUT2D eigenvalue weighted by atomic mass is 19.4. The number of alkyl halides is 3. The van der Waals surface area contributed by atoms with Gasteiger partial charge in [-0.1, -0.05) is 5.21 Å². The molecule has 2 aliphatic rings. The summed E-state index contributed by atoms with van der Waals surface area (Å²) in [5.74, 6) is -2.37. The molecule has 0 aromatic carbocycles. The van der Waals surface area contributed by atoms with E-state index >= 15 is 0 Å². The van der Waals surface area contributed by atoms with Gasteiger partial charge in [0.2, 0.25) is 5.91 Å². The molecule has 1 spiro atoms. The number of hydrogen-bond donors (Lipinski definition) is 4. The molecule has 4 N–H and O–H groups in total. The second-order valence-corrected chi connectivity index (χ2v) is 6.36. The highest BCUT2D eigenvalue weighted by Gasteiger charge is 2.47. The maximum absolute atomic E-state index is 12.0. The van der Waals surface area contributed by atoms with E-state index in [0.717, 1.165) is 31.6 Å². The van der Waals surface area contributed by atoms with E-state index in [9.17, 15) is 18.0 Å². The van der Waals surface area contributed by atoms with Gasteiger partial charge in [-0.2, -0.15) is 13.2 Å². The number of amides is 1. The molecule has 2 fully saturated rings. The minimum absolute atomic E-state index is 0.175. The maximum Gasteiger partial charge on any atom is 0.490 e. The van der Waals surface area contributed by atoms with Crippen LogP contribution in [0.15, 0.2) is 6.20 Å². The van der Waals surface area contributed by atoms with Gasteiger partial charge in [-0.15, -0.1) is 5.10 Å². The summed E-state index contributed by atoms with van der Waals surface area (Å²) < 4.78 is 31.7. The molecular weight excluding hydrogens is 343 g/mol. The largest absolute Gasteiger partial charge is 0.490 e. The van der Waals surface area contributed by atoms with E-state index in [0.29, 0.717) is 12.0 Å². The van der Waals surface area contributed by atoms with Crippen LogP contribution in [-0.4, -0.2) is 51.7 Å². The summed E-state index contributed by atoms with van der Waals surface area (Å²) in [6.45, 7) is 2.71. The lowest BCUT2D eigenvalue weighted by Crippen LogP contribution is -2.50. The first-order valence-corrected chi connectivity index (χ1v) is 7.85. The van der Waals surface area contributed by atoms with Crippen molar-refractivity contribution >= 4 is 11.9 Å². The lowest BCUT2D eigenvalue weighted by atomic mass is 9.57. The van der Waals surface area contributed by atoms with Crippen molar-refractivity contribution in [3.8, 4) is 0 Å². The fourth-order valence-corrected chi connectivity index (χ4v) is 3.17. The number of nitrogens with zero attached hydrogens (tertiary/aromatic N) is 2. The summed E-state index contributed by atoms with van der Waals surface area (Å²) in [5.41, 5.74) is 1.31. The monoisotopic (exact) mass is 363 g/mol.